The summed E-state index contributed by atoms with van der Waals surface area (Å²) in [6.45, 7) is 3.62. The van der Waals surface area contributed by atoms with E-state index in [-0.39, 0.29) is 36.6 Å². The van der Waals surface area contributed by atoms with Crippen molar-refractivity contribution in [3.05, 3.63) is 46.4 Å². The molecular formula is C20H30Cl2N4OS. The van der Waals surface area contributed by atoms with Gasteiger partial charge in [0.15, 0.2) is 0 Å². The molecule has 2 aromatic rings. The van der Waals surface area contributed by atoms with Crippen molar-refractivity contribution >= 4 is 47.7 Å². The maximum absolute atomic E-state index is 12.7. The number of rotatable bonds is 6. The van der Waals surface area contributed by atoms with E-state index in [4.69, 9.17) is 5.73 Å². The molecule has 0 spiro atoms. The number of nitrogens with two attached hydrogens (primary N) is 1. The molecular weight excluding hydrogens is 415 g/mol. The average Bonchev–Trinajstić information content (AvgIpc) is 3.07. The van der Waals surface area contributed by atoms with Crippen LogP contribution in [-0.4, -0.2) is 28.4 Å². The summed E-state index contributed by atoms with van der Waals surface area (Å²) in [7, 11) is 2.08. The van der Waals surface area contributed by atoms with Crippen molar-refractivity contribution in [1.29, 1.82) is 0 Å². The monoisotopic (exact) mass is 444 g/mol. The standard InChI is InChI=1S/C20H28N4OS.2ClH/c1-20(21)9-4-3-8-18(20)19(25)23-16-7-5-6-15(10-16)11-24(2)12-17-13-26-14-22-17;;/h5-7,10,13-14,18H,3-4,8-9,11-12,21H2,1-2H3,(H,23,25);2*1H. The highest BCUT2D eigenvalue weighted by Crippen LogP contribution is 2.32. The fraction of sp³-hybridized carbons (Fsp3) is 0.500. The molecule has 5 nitrogen and oxygen atoms in total. The number of aromatic nitrogens is 1. The summed E-state index contributed by atoms with van der Waals surface area (Å²) in [5.74, 6) is -0.0741. The van der Waals surface area contributed by atoms with Crippen molar-refractivity contribution in [2.75, 3.05) is 12.4 Å². The predicted octanol–water partition coefficient (Wildman–Crippen LogP) is 4.46. The molecule has 2 atom stereocenters. The van der Waals surface area contributed by atoms with Gasteiger partial charge in [-0.2, -0.15) is 0 Å². The third kappa shape index (κ3) is 6.71. The number of carbonyl (C=O) groups is 1. The lowest BCUT2D eigenvalue weighted by molar-refractivity contribution is -0.122. The number of anilines is 1. The van der Waals surface area contributed by atoms with Crippen molar-refractivity contribution < 1.29 is 4.79 Å². The first-order valence-electron chi connectivity index (χ1n) is 9.18. The van der Waals surface area contributed by atoms with Crippen LogP contribution in [-0.2, 0) is 17.9 Å². The highest BCUT2D eigenvalue weighted by Gasteiger charge is 2.37. The van der Waals surface area contributed by atoms with Gasteiger partial charge >= 0.3 is 0 Å². The number of thiazole rings is 1. The van der Waals surface area contributed by atoms with Crippen LogP contribution in [0.3, 0.4) is 0 Å². The summed E-state index contributed by atoms with van der Waals surface area (Å²) >= 11 is 1.61. The number of amides is 1. The van der Waals surface area contributed by atoms with Gasteiger partial charge in [0.2, 0.25) is 5.91 Å². The lowest BCUT2D eigenvalue weighted by Gasteiger charge is -2.37. The Bertz CT molecular complexity index is 740. The summed E-state index contributed by atoms with van der Waals surface area (Å²) in [6.07, 6.45) is 3.96. The van der Waals surface area contributed by atoms with Gasteiger partial charge in [-0.25, -0.2) is 4.98 Å². The first-order valence-corrected chi connectivity index (χ1v) is 10.1. The molecule has 1 saturated carbocycles. The molecule has 0 aliphatic heterocycles. The molecule has 1 fully saturated rings. The van der Waals surface area contributed by atoms with Gasteiger partial charge in [0, 0.05) is 29.7 Å². The van der Waals surface area contributed by atoms with E-state index in [1.165, 1.54) is 5.56 Å². The third-order valence-corrected chi connectivity index (χ3v) is 5.77. The Kier molecular flexibility index (Phi) is 9.87. The SMILES string of the molecule is CN(Cc1cccc(NC(=O)C2CCCCC2(C)N)c1)Cc1cscn1.Cl.Cl. The van der Waals surface area contributed by atoms with Gasteiger partial charge in [-0.05, 0) is 44.5 Å². The molecule has 0 saturated heterocycles. The number of halogens is 2. The van der Waals surface area contributed by atoms with Crippen LogP contribution in [0.25, 0.3) is 0 Å². The Labute approximate surface area is 183 Å². The van der Waals surface area contributed by atoms with Gasteiger partial charge in [0.1, 0.15) is 0 Å². The fourth-order valence-corrected chi connectivity index (χ4v) is 4.28. The Hall–Kier alpha value is -1.18. The second kappa shape index (κ2) is 11.1. The summed E-state index contributed by atoms with van der Waals surface area (Å²) in [5, 5.41) is 5.15. The molecule has 3 rings (SSSR count). The zero-order valence-corrected chi connectivity index (χ0v) is 18.8. The van der Waals surface area contributed by atoms with E-state index in [2.05, 4.69) is 33.7 Å². The highest BCUT2D eigenvalue weighted by atomic mass is 35.5. The van der Waals surface area contributed by atoms with Crippen LogP contribution in [0.1, 0.15) is 43.9 Å². The normalized spacial score (nSPS) is 21.5. The molecule has 156 valence electrons. The van der Waals surface area contributed by atoms with Crippen molar-refractivity contribution in [3.8, 4) is 0 Å². The lowest BCUT2D eigenvalue weighted by Crippen LogP contribution is -2.51. The number of hydrogen-bond donors (Lipinski definition) is 2. The van der Waals surface area contributed by atoms with E-state index >= 15 is 0 Å². The highest BCUT2D eigenvalue weighted by molar-refractivity contribution is 7.07. The maximum Gasteiger partial charge on any atom is 0.229 e. The molecule has 2 unspecified atom stereocenters. The van der Waals surface area contributed by atoms with Gasteiger partial charge in [-0.15, -0.1) is 36.2 Å². The zero-order valence-electron chi connectivity index (χ0n) is 16.4. The number of benzene rings is 1. The number of nitrogens with one attached hydrogen (secondary N) is 1. The van der Waals surface area contributed by atoms with Crippen LogP contribution in [0.15, 0.2) is 35.2 Å². The summed E-state index contributed by atoms with van der Waals surface area (Å²) < 4.78 is 0. The quantitative estimate of drug-likeness (QED) is 0.689. The number of hydrogen-bond acceptors (Lipinski definition) is 5. The van der Waals surface area contributed by atoms with Crippen LogP contribution in [0, 0.1) is 5.92 Å². The fourth-order valence-electron chi connectivity index (χ4n) is 3.73. The van der Waals surface area contributed by atoms with E-state index in [1.54, 1.807) is 11.3 Å². The Balaban J connectivity index is 0.00000196. The first-order chi connectivity index (χ1) is 12.4. The first kappa shape index (κ1) is 24.9. The van der Waals surface area contributed by atoms with Crippen molar-refractivity contribution in [2.45, 2.75) is 51.2 Å². The molecule has 3 N–H and O–H groups in total. The van der Waals surface area contributed by atoms with E-state index in [1.807, 2.05) is 30.6 Å². The topological polar surface area (TPSA) is 71.2 Å². The summed E-state index contributed by atoms with van der Waals surface area (Å²) in [6, 6.07) is 8.07. The molecule has 0 bridgehead atoms. The van der Waals surface area contributed by atoms with Crippen LogP contribution >= 0.6 is 36.2 Å². The molecule has 0 radical (unpaired) electrons. The summed E-state index contributed by atoms with van der Waals surface area (Å²) in [4.78, 5) is 19.3. The van der Waals surface area contributed by atoms with Crippen molar-refractivity contribution in [2.24, 2.45) is 11.7 Å². The molecule has 1 heterocycles. The van der Waals surface area contributed by atoms with E-state index in [0.29, 0.717) is 0 Å². The average molecular weight is 445 g/mol. The van der Waals surface area contributed by atoms with Gasteiger partial charge < -0.3 is 11.1 Å². The van der Waals surface area contributed by atoms with Gasteiger partial charge in [-0.3, -0.25) is 9.69 Å². The van der Waals surface area contributed by atoms with Gasteiger partial charge in [0.25, 0.3) is 0 Å². The number of nitrogens with zero attached hydrogens (tertiary/aromatic N) is 2. The Morgan fingerprint density at radius 1 is 1.36 bits per heavy atom. The second-order valence-electron chi connectivity index (χ2n) is 7.65. The van der Waals surface area contributed by atoms with Gasteiger partial charge in [-0.1, -0.05) is 25.0 Å². The molecule has 1 amide bonds. The minimum atomic E-state index is -0.409. The predicted molar refractivity (Wildman–Crippen MR) is 121 cm³/mol. The van der Waals surface area contributed by atoms with Gasteiger partial charge in [0.05, 0.1) is 17.1 Å². The minimum absolute atomic E-state index is 0. The molecule has 1 aromatic heterocycles. The molecule has 1 aliphatic rings. The molecule has 28 heavy (non-hydrogen) atoms. The zero-order chi connectivity index (χ0) is 18.6. The van der Waals surface area contributed by atoms with Crippen LogP contribution in [0.2, 0.25) is 0 Å². The Morgan fingerprint density at radius 3 is 2.82 bits per heavy atom. The van der Waals surface area contributed by atoms with Crippen LogP contribution in [0.4, 0.5) is 5.69 Å². The van der Waals surface area contributed by atoms with Crippen molar-refractivity contribution in [3.63, 3.8) is 0 Å². The molecule has 1 aromatic carbocycles. The lowest BCUT2D eigenvalue weighted by atomic mass is 9.74. The largest absolute Gasteiger partial charge is 0.326 e. The maximum atomic E-state index is 12.7. The third-order valence-electron chi connectivity index (χ3n) is 5.13. The summed E-state index contributed by atoms with van der Waals surface area (Å²) in [5.41, 5.74) is 10.9. The van der Waals surface area contributed by atoms with E-state index in [0.717, 1.165) is 50.2 Å². The minimum Gasteiger partial charge on any atom is -0.326 e. The second-order valence-corrected chi connectivity index (χ2v) is 8.36. The van der Waals surface area contributed by atoms with Crippen LogP contribution in [0.5, 0.6) is 0 Å². The molecule has 1 aliphatic carbocycles. The van der Waals surface area contributed by atoms with E-state index in [9.17, 15) is 4.79 Å². The Morgan fingerprint density at radius 2 is 2.14 bits per heavy atom. The smallest absolute Gasteiger partial charge is 0.229 e. The van der Waals surface area contributed by atoms with Crippen molar-refractivity contribution in [1.82, 2.24) is 9.88 Å². The van der Waals surface area contributed by atoms with E-state index < -0.39 is 5.54 Å². The molecule has 8 heteroatoms. The number of carbonyl (C=O) groups excluding carboxylic acids is 1. The van der Waals surface area contributed by atoms with Crippen LogP contribution < -0.4 is 11.1 Å².